The van der Waals surface area contributed by atoms with Gasteiger partial charge in [-0.2, -0.15) is 0 Å². The molecule has 3 heteroatoms. The number of benzene rings is 1. The highest BCUT2D eigenvalue weighted by Crippen LogP contribution is 2.31. The zero-order valence-electron chi connectivity index (χ0n) is 15.8. The lowest BCUT2D eigenvalue weighted by atomic mass is 9.79. The molecule has 1 aromatic rings. The Morgan fingerprint density at radius 2 is 1.38 bits per heavy atom. The van der Waals surface area contributed by atoms with Gasteiger partial charge in [-0.25, -0.2) is 4.99 Å². The van der Waals surface area contributed by atoms with Crippen LogP contribution in [0.25, 0.3) is 0 Å². The van der Waals surface area contributed by atoms with Gasteiger partial charge in [0.1, 0.15) is 12.6 Å². The lowest BCUT2D eigenvalue weighted by Crippen LogP contribution is -2.35. The summed E-state index contributed by atoms with van der Waals surface area (Å²) in [6.07, 6.45) is 0. The molecule has 0 spiro atoms. The summed E-state index contributed by atoms with van der Waals surface area (Å²) in [6.45, 7) is 17.3. The quantitative estimate of drug-likeness (QED) is 0.842. The van der Waals surface area contributed by atoms with Crippen LogP contribution in [-0.4, -0.2) is 29.3 Å². The van der Waals surface area contributed by atoms with Gasteiger partial charge < -0.3 is 9.84 Å². The Morgan fingerprint density at radius 1 is 0.917 bits per heavy atom. The largest absolute Gasteiger partial charge is 0.475 e. The van der Waals surface area contributed by atoms with Gasteiger partial charge in [0, 0.05) is 5.56 Å². The molecule has 0 saturated heterocycles. The van der Waals surface area contributed by atoms with Crippen molar-refractivity contribution < 1.29 is 9.84 Å². The third kappa shape index (κ3) is 4.60. The van der Waals surface area contributed by atoms with Gasteiger partial charge in [0.25, 0.3) is 0 Å². The van der Waals surface area contributed by atoms with E-state index in [2.05, 4.69) is 64.7 Å². The highest BCUT2D eigenvalue weighted by Gasteiger charge is 2.33. The molecular formula is C21H35NO2. The van der Waals surface area contributed by atoms with E-state index < -0.39 is 5.60 Å². The first kappa shape index (κ1) is 20.7. The molecular weight excluding hydrogens is 298 g/mol. The fraction of sp³-hybridized carbons (Fsp3) is 0.667. The van der Waals surface area contributed by atoms with Crippen molar-refractivity contribution in [1.29, 1.82) is 0 Å². The fourth-order valence-electron chi connectivity index (χ4n) is 2.51. The lowest BCUT2D eigenvalue weighted by Gasteiger charge is -2.26. The first-order chi connectivity index (χ1) is 10.3. The minimum absolute atomic E-state index is 0. The van der Waals surface area contributed by atoms with E-state index >= 15 is 0 Å². The zero-order valence-corrected chi connectivity index (χ0v) is 15.8. The number of aliphatic imine (C=N–C) groups is 1. The van der Waals surface area contributed by atoms with Crippen molar-refractivity contribution in [3.8, 4) is 0 Å². The summed E-state index contributed by atoms with van der Waals surface area (Å²) >= 11 is 0. The van der Waals surface area contributed by atoms with Crippen LogP contribution in [0.2, 0.25) is 0 Å². The van der Waals surface area contributed by atoms with Crippen molar-refractivity contribution in [1.82, 2.24) is 0 Å². The normalized spacial score (nSPS) is 18.7. The lowest BCUT2D eigenvalue weighted by molar-refractivity contribution is 0.0436. The number of hydrogen-bond donors (Lipinski definition) is 1. The predicted molar refractivity (Wildman–Crippen MR) is 103 cm³/mol. The monoisotopic (exact) mass is 333 g/mol. The van der Waals surface area contributed by atoms with Crippen LogP contribution in [0.5, 0.6) is 0 Å². The molecule has 0 unspecified atom stereocenters. The van der Waals surface area contributed by atoms with E-state index in [9.17, 15) is 5.11 Å². The molecule has 136 valence electrons. The highest BCUT2D eigenvalue weighted by atomic mass is 16.5. The summed E-state index contributed by atoms with van der Waals surface area (Å²) in [5.41, 5.74) is 2.82. The molecule has 1 atom stereocenters. The Balaban J connectivity index is 0.00000288. The van der Waals surface area contributed by atoms with Crippen LogP contribution in [0.3, 0.4) is 0 Å². The smallest absolute Gasteiger partial charge is 0.216 e. The van der Waals surface area contributed by atoms with Crippen LogP contribution in [0.4, 0.5) is 0 Å². The van der Waals surface area contributed by atoms with E-state index in [0.717, 1.165) is 5.56 Å². The van der Waals surface area contributed by atoms with Crippen molar-refractivity contribution in [2.45, 2.75) is 85.3 Å². The molecule has 0 aliphatic carbocycles. The standard InChI is InChI=1S/C20H31NO2.CH4/c1-18(2,3)14-9-13(10-15(11-14)19(4,5)6)17-21-16(12-23-17)20(7,8)22;/h9-11,16,22H,12H2,1-8H3;1H4/t16-;/m0./s1. The number of nitrogens with zero attached hydrogens (tertiary/aromatic N) is 1. The van der Waals surface area contributed by atoms with Gasteiger partial charge in [-0.3, -0.25) is 0 Å². The minimum Gasteiger partial charge on any atom is -0.475 e. The summed E-state index contributed by atoms with van der Waals surface area (Å²) < 4.78 is 5.80. The molecule has 1 aliphatic rings. The Hall–Kier alpha value is -1.35. The van der Waals surface area contributed by atoms with E-state index in [0.29, 0.717) is 12.5 Å². The van der Waals surface area contributed by atoms with Crippen LogP contribution in [0, 0.1) is 0 Å². The molecule has 0 aromatic heterocycles. The second-order valence-electron chi connectivity index (χ2n) is 9.21. The first-order valence-corrected chi connectivity index (χ1v) is 8.38. The number of rotatable bonds is 2. The van der Waals surface area contributed by atoms with Crippen LogP contribution in [0.15, 0.2) is 23.2 Å². The molecule has 1 heterocycles. The Morgan fingerprint density at radius 3 is 1.71 bits per heavy atom. The maximum atomic E-state index is 10.2. The third-order valence-corrected chi connectivity index (χ3v) is 4.38. The topological polar surface area (TPSA) is 41.8 Å². The van der Waals surface area contributed by atoms with Gasteiger partial charge in [0.2, 0.25) is 5.90 Å². The molecule has 3 nitrogen and oxygen atoms in total. The second kappa shape index (κ2) is 6.51. The molecule has 0 saturated carbocycles. The number of ether oxygens (including phenoxy) is 1. The summed E-state index contributed by atoms with van der Waals surface area (Å²) in [6, 6.07) is 6.41. The Labute approximate surface area is 148 Å². The fourth-order valence-corrected chi connectivity index (χ4v) is 2.51. The predicted octanol–water partition coefficient (Wildman–Crippen LogP) is 4.83. The summed E-state index contributed by atoms with van der Waals surface area (Å²) in [4.78, 5) is 4.62. The van der Waals surface area contributed by atoms with Crippen molar-refractivity contribution in [2.75, 3.05) is 6.61 Å². The van der Waals surface area contributed by atoms with Gasteiger partial charge >= 0.3 is 0 Å². The van der Waals surface area contributed by atoms with Gasteiger partial charge in [-0.15, -0.1) is 0 Å². The van der Waals surface area contributed by atoms with E-state index in [4.69, 9.17) is 4.74 Å². The van der Waals surface area contributed by atoms with Gasteiger partial charge in [0.05, 0.1) is 5.60 Å². The van der Waals surface area contributed by atoms with Crippen LogP contribution >= 0.6 is 0 Å². The van der Waals surface area contributed by atoms with Gasteiger partial charge in [-0.1, -0.05) is 55.0 Å². The van der Waals surface area contributed by atoms with Crippen molar-refractivity contribution in [2.24, 2.45) is 4.99 Å². The zero-order chi connectivity index (χ0) is 17.6. The summed E-state index contributed by atoms with van der Waals surface area (Å²) in [5.74, 6) is 0.647. The van der Waals surface area contributed by atoms with E-state index in [1.54, 1.807) is 13.8 Å². The van der Waals surface area contributed by atoms with Crippen molar-refractivity contribution >= 4 is 5.90 Å². The van der Waals surface area contributed by atoms with E-state index in [1.807, 2.05) is 0 Å². The number of hydrogen-bond acceptors (Lipinski definition) is 3. The molecule has 0 bridgehead atoms. The number of aliphatic hydroxyl groups is 1. The molecule has 0 radical (unpaired) electrons. The molecule has 1 aromatic carbocycles. The molecule has 1 N–H and O–H groups in total. The molecule has 0 amide bonds. The van der Waals surface area contributed by atoms with Gasteiger partial charge in [0.15, 0.2) is 0 Å². The van der Waals surface area contributed by atoms with Crippen LogP contribution in [0.1, 0.15) is 79.5 Å². The SMILES string of the molecule is C.CC(C)(C)c1cc(C2=N[C@H](C(C)(C)O)CO2)cc(C(C)(C)C)c1. The Bertz CT molecular complexity index is 578. The maximum absolute atomic E-state index is 10.2. The van der Waals surface area contributed by atoms with Crippen molar-refractivity contribution in [3.63, 3.8) is 0 Å². The van der Waals surface area contributed by atoms with E-state index in [-0.39, 0.29) is 24.3 Å². The molecule has 1 aliphatic heterocycles. The summed E-state index contributed by atoms with van der Waals surface area (Å²) in [5, 5.41) is 10.2. The third-order valence-electron chi connectivity index (χ3n) is 4.38. The minimum atomic E-state index is -0.865. The average Bonchev–Trinajstić information content (AvgIpc) is 2.85. The maximum Gasteiger partial charge on any atom is 0.216 e. The van der Waals surface area contributed by atoms with Crippen LogP contribution < -0.4 is 0 Å². The van der Waals surface area contributed by atoms with Gasteiger partial charge in [-0.05, 0) is 47.9 Å². The van der Waals surface area contributed by atoms with Crippen LogP contribution in [-0.2, 0) is 15.6 Å². The highest BCUT2D eigenvalue weighted by molar-refractivity contribution is 5.95. The molecule has 24 heavy (non-hydrogen) atoms. The first-order valence-electron chi connectivity index (χ1n) is 8.38. The average molecular weight is 334 g/mol. The Kier molecular flexibility index (Phi) is 5.62. The molecule has 2 rings (SSSR count). The second-order valence-corrected chi connectivity index (χ2v) is 9.21. The van der Waals surface area contributed by atoms with E-state index in [1.165, 1.54) is 11.1 Å². The summed E-state index contributed by atoms with van der Waals surface area (Å²) in [7, 11) is 0. The molecule has 0 fully saturated rings. The van der Waals surface area contributed by atoms with Crippen molar-refractivity contribution in [3.05, 3.63) is 34.9 Å².